The lowest BCUT2D eigenvalue weighted by molar-refractivity contribution is -0.227. The molecule has 0 aliphatic carbocycles. The molecule has 2 heterocycles. The molecule has 0 bridgehead atoms. The summed E-state index contributed by atoms with van der Waals surface area (Å²) in [5.74, 6) is -1.74. The highest BCUT2D eigenvalue weighted by Gasteiger charge is 2.45. The predicted octanol–water partition coefficient (Wildman–Crippen LogP) is -1.45. The maximum absolute atomic E-state index is 11.7. The van der Waals surface area contributed by atoms with Crippen molar-refractivity contribution in [1.82, 2.24) is 9.55 Å². The Balaban J connectivity index is 2.06. The number of ether oxygens (including phenoxy) is 1. The lowest BCUT2D eigenvalue weighted by atomic mass is 10.1. The third-order valence-corrected chi connectivity index (χ3v) is 4.60. The number of alkyl halides is 3. The number of rotatable bonds is 5. The van der Waals surface area contributed by atoms with Gasteiger partial charge in [-0.1, -0.05) is 34.8 Å². The van der Waals surface area contributed by atoms with E-state index >= 15 is 0 Å². The summed E-state index contributed by atoms with van der Waals surface area (Å²) in [5.41, 5.74) is -1.64. The number of aromatic amines is 1. The summed E-state index contributed by atoms with van der Waals surface area (Å²) in [6, 6.07) is 0.968. The zero-order valence-electron chi connectivity index (χ0n) is 12.9. The van der Waals surface area contributed by atoms with Gasteiger partial charge < -0.3 is 28.9 Å². The van der Waals surface area contributed by atoms with Crippen molar-refractivity contribution in [2.75, 3.05) is 6.61 Å². The molecular formula is C11H11Cl3N2O10P-. The second-order valence-electron chi connectivity index (χ2n) is 5.18. The van der Waals surface area contributed by atoms with E-state index in [1.165, 1.54) is 0 Å². The van der Waals surface area contributed by atoms with Crippen LogP contribution in [-0.4, -0.2) is 54.4 Å². The first-order valence-electron chi connectivity index (χ1n) is 6.91. The molecule has 16 heteroatoms. The highest BCUT2D eigenvalue weighted by molar-refractivity contribution is 7.46. The molecule has 1 fully saturated rings. The van der Waals surface area contributed by atoms with Gasteiger partial charge in [0.1, 0.15) is 18.3 Å². The Morgan fingerprint density at radius 2 is 2.00 bits per heavy atom. The van der Waals surface area contributed by atoms with E-state index in [1.807, 2.05) is 4.98 Å². The van der Waals surface area contributed by atoms with Crippen LogP contribution in [0.1, 0.15) is 6.23 Å². The van der Waals surface area contributed by atoms with Crippen LogP contribution in [0.5, 0.6) is 0 Å². The first-order chi connectivity index (χ1) is 12.3. The van der Waals surface area contributed by atoms with Gasteiger partial charge in [-0.3, -0.25) is 18.9 Å². The van der Waals surface area contributed by atoms with Gasteiger partial charge in [0.2, 0.25) is 0 Å². The number of hydrogen-bond donors (Lipinski definition) is 3. The number of halogens is 3. The number of aliphatic hydroxyl groups excluding tert-OH is 2. The van der Waals surface area contributed by atoms with Gasteiger partial charge in [0, 0.05) is 12.3 Å². The van der Waals surface area contributed by atoms with Crippen LogP contribution in [0.15, 0.2) is 21.9 Å². The first kappa shape index (κ1) is 22.3. The van der Waals surface area contributed by atoms with Crippen molar-refractivity contribution in [3.05, 3.63) is 33.1 Å². The summed E-state index contributed by atoms with van der Waals surface area (Å²) in [4.78, 5) is 47.5. The lowest BCUT2D eigenvalue weighted by Crippen LogP contribution is -2.37. The molecule has 0 radical (unpaired) electrons. The molecule has 1 unspecified atom stereocenters. The number of carbonyl (C=O) groups excluding carboxylic acids is 1. The molecule has 1 saturated heterocycles. The van der Waals surface area contributed by atoms with E-state index in [1.54, 1.807) is 0 Å². The number of hydrogen-bond acceptors (Lipinski definition) is 10. The van der Waals surface area contributed by atoms with Crippen LogP contribution in [-0.2, 0) is 23.1 Å². The van der Waals surface area contributed by atoms with Gasteiger partial charge in [0.05, 0.1) is 6.61 Å². The van der Waals surface area contributed by atoms with Crippen LogP contribution in [0, 0.1) is 0 Å². The Labute approximate surface area is 164 Å². The largest absolute Gasteiger partial charge is 0.746 e. The topological polar surface area (TPSA) is 180 Å². The maximum Gasteiger partial charge on any atom is 0.364 e. The number of phosphoric ester groups is 1. The number of carbonyl (C=O) groups is 1. The summed E-state index contributed by atoms with van der Waals surface area (Å²) in [6.45, 7) is -0.902. The van der Waals surface area contributed by atoms with Crippen LogP contribution < -0.4 is 16.1 Å². The molecule has 1 aromatic heterocycles. The summed E-state index contributed by atoms with van der Waals surface area (Å²) >= 11 is 15.5. The van der Waals surface area contributed by atoms with Crippen molar-refractivity contribution >= 4 is 48.6 Å². The Hall–Kier alpha value is -0.950. The number of H-pyrrole nitrogens is 1. The number of nitrogens with zero attached hydrogens (tertiary/aromatic N) is 1. The first-order valence-corrected chi connectivity index (χ1v) is 9.50. The molecule has 0 saturated carbocycles. The zero-order chi connectivity index (χ0) is 20.6. The Bertz CT molecular complexity index is 867. The fourth-order valence-corrected chi connectivity index (χ4v) is 3.07. The minimum atomic E-state index is -5.29. The van der Waals surface area contributed by atoms with Crippen molar-refractivity contribution in [3.63, 3.8) is 0 Å². The van der Waals surface area contributed by atoms with Gasteiger partial charge in [0.25, 0.3) is 9.35 Å². The average molecular weight is 469 g/mol. The summed E-state index contributed by atoms with van der Waals surface area (Å²) < 4.78 is 23.2. The van der Waals surface area contributed by atoms with E-state index in [-0.39, 0.29) is 0 Å². The zero-order valence-corrected chi connectivity index (χ0v) is 16.0. The van der Waals surface area contributed by atoms with E-state index in [4.69, 9.17) is 39.5 Å². The Morgan fingerprint density at radius 1 is 1.37 bits per heavy atom. The molecule has 0 amide bonds. The van der Waals surface area contributed by atoms with E-state index < -0.39 is 60.0 Å². The van der Waals surface area contributed by atoms with E-state index in [2.05, 4.69) is 9.05 Å². The van der Waals surface area contributed by atoms with Crippen molar-refractivity contribution < 1.29 is 38.3 Å². The number of aromatic nitrogens is 2. The second kappa shape index (κ2) is 8.19. The van der Waals surface area contributed by atoms with Gasteiger partial charge in [-0.05, 0) is 0 Å². The summed E-state index contributed by atoms with van der Waals surface area (Å²) in [5, 5.41) is 19.9. The second-order valence-corrected chi connectivity index (χ2v) is 8.80. The smallest absolute Gasteiger partial charge is 0.364 e. The molecule has 12 nitrogen and oxygen atoms in total. The number of nitrogens with one attached hydrogen (secondary N) is 1. The predicted molar refractivity (Wildman–Crippen MR) is 87.2 cm³/mol. The lowest BCUT2D eigenvalue weighted by Gasteiger charge is -2.25. The SMILES string of the molecule is O=C(OP(=O)([O-])OC[C@H]1O[C@@H](n2ccc(=O)[nH]c2=O)[C@H](O)[C@@H]1O)C(Cl)(Cl)Cl. The quantitative estimate of drug-likeness (QED) is 0.342. The van der Waals surface area contributed by atoms with Gasteiger partial charge in [-0.25, -0.2) is 9.59 Å². The number of phosphoric acid groups is 1. The van der Waals surface area contributed by atoms with Gasteiger partial charge in [0.15, 0.2) is 6.23 Å². The van der Waals surface area contributed by atoms with Crippen molar-refractivity contribution in [1.29, 1.82) is 0 Å². The minimum absolute atomic E-state index is 0.702. The molecule has 5 atom stereocenters. The standard InChI is InChI=1S/C11H12Cl3N2O10P/c12-11(13,14)9(20)26-27(22,23)24-3-4-6(18)7(19)8(25-4)16-2-1-5(17)15-10(16)21/h1-2,4,6-8,18-19H,3H2,(H,22,23)(H,15,17,21)/p-1/t4-,6-,7-,8-/m1/s1. The fraction of sp³-hybridized carbons (Fsp3) is 0.545. The highest BCUT2D eigenvalue weighted by atomic mass is 35.6. The molecular weight excluding hydrogens is 457 g/mol. The highest BCUT2D eigenvalue weighted by Crippen LogP contribution is 2.43. The maximum atomic E-state index is 11.7. The number of aliphatic hydroxyl groups is 2. The molecule has 2 rings (SSSR count). The van der Waals surface area contributed by atoms with Crippen molar-refractivity contribution in [2.45, 2.75) is 28.3 Å². The van der Waals surface area contributed by atoms with Crippen LogP contribution >= 0.6 is 42.6 Å². The molecule has 0 spiro atoms. The molecule has 1 aliphatic heterocycles. The Kier molecular flexibility index (Phi) is 6.78. The van der Waals surface area contributed by atoms with Crippen LogP contribution in [0.4, 0.5) is 0 Å². The normalized spacial score (nSPS) is 27.9. The molecule has 1 aromatic rings. The molecule has 3 N–H and O–H groups in total. The summed E-state index contributed by atoms with van der Waals surface area (Å²) in [6.07, 6.45) is -5.24. The monoisotopic (exact) mass is 467 g/mol. The summed E-state index contributed by atoms with van der Waals surface area (Å²) in [7, 11) is -5.29. The van der Waals surface area contributed by atoms with Gasteiger partial charge in [-0.2, -0.15) is 0 Å². The van der Waals surface area contributed by atoms with Crippen molar-refractivity contribution in [2.24, 2.45) is 0 Å². The molecule has 152 valence electrons. The van der Waals surface area contributed by atoms with E-state index in [9.17, 15) is 34.1 Å². The fourth-order valence-electron chi connectivity index (χ4n) is 2.07. The minimum Gasteiger partial charge on any atom is -0.746 e. The van der Waals surface area contributed by atoms with Gasteiger partial charge in [-0.15, -0.1) is 0 Å². The van der Waals surface area contributed by atoms with E-state index in [0.29, 0.717) is 0 Å². The molecule has 1 aliphatic rings. The Morgan fingerprint density at radius 3 is 2.56 bits per heavy atom. The van der Waals surface area contributed by atoms with Crippen LogP contribution in [0.3, 0.4) is 0 Å². The van der Waals surface area contributed by atoms with E-state index in [0.717, 1.165) is 16.8 Å². The third-order valence-electron chi connectivity index (χ3n) is 3.29. The van der Waals surface area contributed by atoms with Crippen LogP contribution in [0.25, 0.3) is 0 Å². The molecule has 0 aromatic carbocycles. The molecule has 27 heavy (non-hydrogen) atoms. The van der Waals surface area contributed by atoms with Gasteiger partial charge >= 0.3 is 19.5 Å². The third kappa shape index (κ3) is 5.53. The average Bonchev–Trinajstić information content (AvgIpc) is 2.80. The van der Waals surface area contributed by atoms with Crippen LogP contribution in [0.2, 0.25) is 0 Å². The van der Waals surface area contributed by atoms with Crippen molar-refractivity contribution in [3.8, 4) is 0 Å².